The molecule has 3 N–H and O–H groups in total. The zero-order valence-corrected chi connectivity index (χ0v) is 32.2. The van der Waals surface area contributed by atoms with Gasteiger partial charge < -0.3 is 20.1 Å². The van der Waals surface area contributed by atoms with Crippen molar-refractivity contribution in [1.29, 1.82) is 0 Å². The van der Waals surface area contributed by atoms with Crippen molar-refractivity contribution in [3.8, 4) is 5.88 Å². The van der Waals surface area contributed by atoms with Gasteiger partial charge in [-0.05, 0) is 78.4 Å². The van der Waals surface area contributed by atoms with Gasteiger partial charge in [-0.25, -0.2) is 27.6 Å². The highest BCUT2D eigenvalue weighted by Gasteiger charge is 2.63. The molecule has 2 aromatic rings. The van der Waals surface area contributed by atoms with Gasteiger partial charge in [-0.3, -0.25) is 24.0 Å². The highest BCUT2D eigenvalue weighted by molar-refractivity contribution is 7.91. The summed E-state index contributed by atoms with van der Waals surface area (Å²) in [5.41, 5.74) is -3.70. The van der Waals surface area contributed by atoms with E-state index in [0.29, 0.717) is 45.4 Å². The standard InChI is InChI=1S/C37H47F3N6O8S/c1-34(2,3)46(33(50)51)26-12-10-8-6-7-9-11-21-19-37(21,32(49)44-55(52,53)35(4)15-16-35)43-29(47)27-18-23(20-45(27)31(26)48)54-30-28(36(5,39)40)41-24-14-13-22(38)17-25(24)42-30/h9,11,13-14,17,21,23,26-27H,6-8,10,12,15-16,18-20H2,1-5H3,(H,43,47)(H,44,49)(H,50,51)/t21-,23-,26+,27+,37-/m1/s1. The molecule has 5 atom stereocenters. The highest BCUT2D eigenvalue weighted by atomic mass is 32.2. The van der Waals surface area contributed by atoms with Gasteiger partial charge in [0, 0.05) is 30.9 Å². The predicted molar refractivity (Wildman–Crippen MR) is 193 cm³/mol. The van der Waals surface area contributed by atoms with Crippen molar-refractivity contribution >= 4 is 44.9 Å². The fourth-order valence-electron chi connectivity index (χ4n) is 7.46. The number of allylic oxidation sites excluding steroid dienone is 1. The Bertz CT molecular complexity index is 2030. The minimum atomic E-state index is -4.09. The van der Waals surface area contributed by atoms with E-state index in [9.17, 15) is 45.9 Å². The van der Waals surface area contributed by atoms with Crippen molar-refractivity contribution in [2.75, 3.05) is 6.54 Å². The molecule has 4 amide bonds. The van der Waals surface area contributed by atoms with Crippen LogP contribution in [-0.4, -0.2) is 97.7 Å². The number of ether oxygens (including phenoxy) is 1. The van der Waals surface area contributed by atoms with E-state index >= 15 is 0 Å². The van der Waals surface area contributed by atoms with Crippen LogP contribution >= 0.6 is 0 Å². The second-order valence-electron chi connectivity index (χ2n) is 16.4. The first-order valence-electron chi connectivity index (χ1n) is 18.5. The number of benzene rings is 1. The molecule has 2 aliphatic carbocycles. The predicted octanol–water partition coefficient (Wildman–Crippen LogP) is 4.77. The Labute approximate surface area is 317 Å². The summed E-state index contributed by atoms with van der Waals surface area (Å²) in [5.74, 6) is -8.00. The van der Waals surface area contributed by atoms with Crippen molar-refractivity contribution in [2.24, 2.45) is 5.92 Å². The van der Waals surface area contributed by atoms with Crippen molar-refractivity contribution in [2.45, 2.75) is 132 Å². The Morgan fingerprint density at radius 3 is 2.44 bits per heavy atom. The quantitative estimate of drug-likeness (QED) is 0.330. The molecule has 0 spiro atoms. The minimum absolute atomic E-state index is 0.0213. The Hall–Kier alpha value is -4.48. The smallest absolute Gasteiger partial charge is 0.408 e. The van der Waals surface area contributed by atoms with Gasteiger partial charge >= 0.3 is 6.09 Å². The van der Waals surface area contributed by atoms with E-state index in [-0.39, 0.29) is 36.8 Å². The number of carbonyl (C=O) groups is 4. The molecule has 0 unspecified atom stereocenters. The van der Waals surface area contributed by atoms with E-state index in [4.69, 9.17) is 4.74 Å². The van der Waals surface area contributed by atoms with E-state index in [1.807, 2.05) is 6.08 Å². The number of hydrogen-bond acceptors (Lipinski definition) is 9. The van der Waals surface area contributed by atoms with Crippen LogP contribution in [0.1, 0.15) is 98.1 Å². The average Bonchev–Trinajstić information content (AvgIpc) is 3.95. The van der Waals surface area contributed by atoms with E-state index in [1.165, 1.54) is 13.0 Å². The van der Waals surface area contributed by atoms with Crippen LogP contribution in [0.15, 0.2) is 30.4 Å². The van der Waals surface area contributed by atoms with Crippen molar-refractivity contribution in [1.82, 2.24) is 29.8 Å². The van der Waals surface area contributed by atoms with Crippen LogP contribution in [0, 0.1) is 11.7 Å². The highest BCUT2D eigenvalue weighted by Crippen LogP contribution is 2.48. The summed E-state index contributed by atoms with van der Waals surface area (Å²) >= 11 is 0. The summed E-state index contributed by atoms with van der Waals surface area (Å²) in [6, 6.07) is 0.559. The summed E-state index contributed by atoms with van der Waals surface area (Å²) < 4.78 is 77.3. The first kappa shape index (κ1) is 40.2. The largest absolute Gasteiger partial charge is 0.471 e. The number of fused-ring (bicyclic) bond motifs is 3. The molecule has 2 saturated carbocycles. The number of aromatic nitrogens is 2. The third kappa shape index (κ3) is 8.10. The zero-order valence-electron chi connectivity index (χ0n) is 31.4. The molecule has 1 aromatic carbocycles. The summed E-state index contributed by atoms with van der Waals surface area (Å²) in [7, 11) is -4.09. The second kappa shape index (κ2) is 14.2. The van der Waals surface area contributed by atoms with E-state index in [0.717, 1.165) is 21.9 Å². The van der Waals surface area contributed by atoms with E-state index < -0.39 is 97.1 Å². The summed E-state index contributed by atoms with van der Waals surface area (Å²) in [6.45, 7) is 6.63. The molecule has 1 aromatic heterocycles. The number of hydrogen-bond donors (Lipinski definition) is 3. The summed E-state index contributed by atoms with van der Waals surface area (Å²) in [6.07, 6.45) is 4.03. The number of nitrogens with one attached hydrogen (secondary N) is 2. The molecule has 55 heavy (non-hydrogen) atoms. The number of carbonyl (C=O) groups excluding carboxylic acids is 3. The third-order valence-electron chi connectivity index (χ3n) is 11.0. The van der Waals surface area contributed by atoms with E-state index in [2.05, 4.69) is 20.0 Å². The maximum atomic E-state index is 14.9. The SMILES string of the molecule is CC(F)(F)c1nc2ccc(F)cc2nc1O[C@@H]1C[C@H]2C(=O)N[C@]3(C(=O)NS(=O)(=O)C4(C)CC4)C[C@H]3C=CCCCCC[C@H](N(C(=O)O)C(C)(C)C)C(=O)N2C1. The van der Waals surface area contributed by atoms with E-state index in [1.54, 1.807) is 26.8 Å². The first-order valence-corrected chi connectivity index (χ1v) is 20.0. The molecule has 300 valence electrons. The van der Waals surface area contributed by atoms with Gasteiger partial charge in [0.2, 0.25) is 27.7 Å². The Balaban J connectivity index is 1.39. The molecule has 3 heterocycles. The van der Waals surface area contributed by atoms with Crippen LogP contribution in [0.2, 0.25) is 0 Å². The monoisotopic (exact) mass is 792 g/mol. The molecule has 2 aliphatic heterocycles. The number of carboxylic acid groups (broad SMARTS) is 1. The lowest BCUT2D eigenvalue weighted by Gasteiger charge is -2.41. The Morgan fingerprint density at radius 2 is 1.80 bits per heavy atom. The lowest BCUT2D eigenvalue weighted by Crippen LogP contribution is -2.61. The third-order valence-corrected chi connectivity index (χ3v) is 13.1. The molecule has 0 bridgehead atoms. The molecule has 1 saturated heterocycles. The number of sulfonamides is 1. The Morgan fingerprint density at radius 1 is 1.09 bits per heavy atom. The number of halogens is 3. The lowest BCUT2D eigenvalue weighted by molar-refractivity contribution is -0.144. The topological polar surface area (TPSA) is 188 Å². The van der Waals surface area contributed by atoms with Crippen LogP contribution in [0.3, 0.4) is 0 Å². The number of nitrogens with zero attached hydrogens (tertiary/aromatic N) is 4. The first-order chi connectivity index (χ1) is 25.6. The van der Waals surface area contributed by atoms with Gasteiger partial charge in [-0.15, -0.1) is 0 Å². The van der Waals surface area contributed by atoms with Crippen LogP contribution in [0.25, 0.3) is 11.0 Å². The number of amides is 4. The number of alkyl halides is 2. The van der Waals surface area contributed by atoms with Gasteiger partial charge in [0.25, 0.3) is 11.8 Å². The van der Waals surface area contributed by atoms with Crippen LogP contribution in [-0.2, 0) is 30.3 Å². The summed E-state index contributed by atoms with van der Waals surface area (Å²) in [4.78, 5) is 65.9. The molecule has 0 radical (unpaired) electrons. The lowest BCUT2D eigenvalue weighted by atomic mass is 9.98. The fraction of sp³-hybridized carbons (Fsp3) is 0.622. The molecular weight excluding hydrogens is 746 g/mol. The average molecular weight is 793 g/mol. The molecular formula is C37H47F3N6O8S. The molecule has 14 nitrogen and oxygen atoms in total. The maximum absolute atomic E-state index is 14.9. The van der Waals surface area contributed by atoms with Gasteiger partial charge in [0.15, 0.2) is 5.69 Å². The fourth-order valence-corrected chi connectivity index (χ4v) is 8.77. The molecule has 6 rings (SSSR count). The van der Waals surface area contributed by atoms with Crippen LogP contribution < -0.4 is 14.8 Å². The molecule has 4 aliphatic rings. The normalized spacial score (nSPS) is 27.2. The van der Waals surface area contributed by atoms with Gasteiger partial charge in [0.05, 0.1) is 22.3 Å². The summed E-state index contributed by atoms with van der Waals surface area (Å²) in [5, 5.41) is 13.1. The van der Waals surface area contributed by atoms with Crippen LogP contribution in [0.5, 0.6) is 5.88 Å². The van der Waals surface area contributed by atoms with Crippen LogP contribution in [0.4, 0.5) is 18.0 Å². The number of rotatable bonds is 7. The van der Waals surface area contributed by atoms with Gasteiger partial charge in [-0.2, -0.15) is 8.78 Å². The van der Waals surface area contributed by atoms with Crippen molar-refractivity contribution in [3.05, 3.63) is 41.9 Å². The Kier molecular flexibility index (Phi) is 10.4. The molecule has 3 fully saturated rings. The molecule has 18 heteroatoms. The van der Waals surface area contributed by atoms with Gasteiger partial charge in [-0.1, -0.05) is 25.0 Å². The van der Waals surface area contributed by atoms with Gasteiger partial charge in [0.1, 0.15) is 29.5 Å². The zero-order chi connectivity index (χ0) is 40.3. The maximum Gasteiger partial charge on any atom is 0.408 e. The van der Waals surface area contributed by atoms with Crippen molar-refractivity contribution < 1.29 is 50.6 Å². The second-order valence-corrected chi connectivity index (χ2v) is 18.6. The van der Waals surface area contributed by atoms with Crippen molar-refractivity contribution in [3.63, 3.8) is 0 Å². The minimum Gasteiger partial charge on any atom is -0.471 e.